The second-order valence-electron chi connectivity index (χ2n) is 22.5. The molecule has 0 amide bonds. The Hall–Kier alpha value is -4.60. The minimum absolute atomic E-state index is 0.125. The van der Waals surface area contributed by atoms with E-state index < -0.39 is 81.7 Å². The van der Waals surface area contributed by atoms with E-state index in [1.54, 1.807) is 0 Å². The summed E-state index contributed by atoms with van der Waals surface area (Å²) in [6.45, 7) is 14.5. The van der Waals surface area contributed by atoms with Gasteiger partial charge in [-0.1, -0.05) is 163 Å². The molecule has 0 unspecified atom stereocenters. The van der Waals surface area contributed by atoms with Crippen molar-refractivity contribution >= 4 is 32.2 Å². The lowest BCUT2D eigenvalue weighted by Crippen LogP contribution is -2.67. The molecule has 0 spiro atoms. The maximum atomic E-state index is 13.6. The summed E-state index contributed by atoms with van der Waals surface area (Å²) in [4.78, 5) is 49.6. The molecule has 2 aliphatic heterocycles. The number of unbranched alkanes of at least 4 members (excludes halogenated alkanes) is 10. The number of hydrogen-bond donors (Lipinski definition) is 0. The van der Waals surface area contributed by atoms with Gasteiger partial charge in [-0.15, -0.1) is 0 Å². The van der Waals surface area contributed by atoms with Crippen LogP contribution in [0.5, 0.6) is 0 Å². The van der Waals surface area contributed by atoms with Gasteiger partial charge in [0.25, 0.3) is 0 Å². The van der Waals surface area contributed by atoms with Gasteiger partial charge in [0.1, 0.15) is 43.2 Å². The van der Waals surface area contributed by atoms with Crippen LogP contribution < -0.4 is 0 Å². The molecule has 0 aromatic heterocycles. The van der Waals surface area contributed by atoms with Crippen LogP contribution >= 0.6 is 0 Å². The van der Waals surface area contributed by atoms with Gasteiger partial charge in [0.15, 0.2) is 33.1 Å². The van der Waals surface area contributed by atoms with Gasteiger partial charge in [-0.25, -0.2) is 0 Å². The highest BCUT2D eigenvalue weighted by molar-refractivity contribution is 6.74. The predicted octanol–water partition coefficient (Wildman–Crippen LogP) is 11.3. The Morgan fingerprint density at radius 3 is 1.36 bits per heavy atom. The van der Waals surface area contributed by atoms with Gasteiger partial charge in [-0.2, -0.15) is 0 Å². The number of carbonyl (C=O) groups excluding carboxylic acids is 4. The van der Waals surface area contributed by atoms with Crippen molar-refractivity contribution in [1.29, 1.82) is 0 Å². The van der Waals surface area contributed by atoms with E-state index in [4.69, 9.17) is 61.3 Å². The van der Waals surface area contributed by atoms with Gasteiger partial charge in [-0.3, -0.25) is 19.2 Å². The summed E-state index contributed by atoms with van der Waals surface area (Å²) in [6, 6.07) is 29.2. The molecule has 0 N–H and O–H groups in total. The van der Waals surface area contributed by atoms with Crippen LogP contribution in [0.1, 0.15) is 141 Å². The molecule has 2 aliphatic rings. The minimum atomic E-state index is -2.39. The first kappa shape index (κ1) is 67.2. The van der Waals surface area contributed by atoms with Crippen molar-refractivity contribution < 1.29 is 80.4 Å². The Morgan fingerprint density at radius 1 is 0.469 bits per heavy atom. The summed E-state index contributed by atoms with van der Waals surface area (Å²) in [5, 5.41) is -0.136. The molecule has 0 saturated carbocycles. The molecule has 3 aromatic carbocycles. The number of benzene rings is 3. The van der Waals surface area contributed by atoms with Crippen molar-refractivity contribution in [1.82, 2.24) is 0 Å². The highest BCUT2D eigenvalue weighted by Gasteiger charge is 2.56. The summed E-state index contributed by atoms with van der Waals surface area (Å²) in [5.41, 5.74) is 2.68. The molecule has 0 bridgehead atoms. The van der Waals surface area contributed by atoms with Crippen molar-refractivity contribution in [2.75, 3.05) is 40.6 Å². The molecule has 0 radical (unpaired) electrons. The largest absolute Gasteiger partial charge is 0.469 e. The number of carbonyl (C=O) groups is 4. The SMILES string of the molecule is COC(=O)CCCCCCCCO[C@H]1O[C@H](CO[Si](C)(C)C(C)(C)C)[C@@H](OCCCCCCCCC(=O)OC)[C@H](OC(C)=O)[C@H]1O[C@@H]1O[C@H](COC(C)=O)[C@@H](OCc2ccccc2)[C@H](OCc2ccccc2)[C@H]1OCc1ccccc1. The number of methoxy groups -OCH3 is 2. The van der Waals surface area contributed by atoms with Gasteiger partial charge in [0.2, 0.25) is 0 Å². The molecule has 3 aromatic rings. The maximum absolute atomic E-state index is 13.6. The highest BCUT2D eigenvalue weighted by Crippen LogP contribution is 2.40. The molecule has 5 rings (SSSR count). The highest BCUT2D eigenvalue weighted by atomic mass is 28.4. The van der Waals surface area contributed by atoms with Gasteiger partial charge >= 0.3 is 23.9 Å². The van der Waals surface area contributed by atoms with Crippen LogP contribution in [0.4, 0.5) is 0 Å². The summed E-state index contributed by atoms with van der Waals surface area (Å²) < 4.78 is 84.4. The molecule has 2 saturated heterocycles. The molecule has 2 heterocycles. The zero-order chi connectivity index (χ0) is 58.5. The Bertz CT molecular complexity index is 2230. The van der Waals surface area contributed by atoms with E-state index in [1.807, 2.05) is 91.0 Å². The average Bonchev–Trinajstić information content (AvgIpc) is 3.45. The van der Waals surface area contributed by atoms with E-state index in [-0.39, 0.29) is 56.6 Å². The number of ether oxygens (including phenoxy) is 12. The molecule has 10 atom stereocenters. The summed E-state index contributed by atoms with van der Waals surface area (Å²) >= 11 is 0. The van der Waals surface area contributed by atoms with Crippen molar-refractivity contribution in [2.24, 2.45) is 0 Å². The van der Waals surface area contributed by atoms with Crippen LogP contribution in [0, 0.1) is 0 Å². The molecular weight excluding hydrogens is 1060 g/mol. The third-order valence-corrected chi connectivity index (χ3v) is 19.6. The maximum Gasteiger partial charge on any atom is 0.305 e. The molecule has 81 heavy (non-hydrogen) atoms. The fourth-order valence-electron chi connectivity index (χ4n) is 9.45. The summed E-state index contributed by atoms with van der Waals surface area (Å²) in [6.07, 6.45) is 0.812. The summed E-state index contributed by atoms with van der Waals surface area (Å²) in [7, 11) is 0.421. The van der Waals surface area contributed by atoms with Crippen molar-refractivity contribution in [3.8, 4) is 0 Å². The third-order valence-electron chi connectivity index (χ3n) is 15.1. The normalized spacial score (nSPS) is 23.1. The van der Waals surface area contributed by atoms with Crippen LogP contribution in [0.2, 0.25) is 18.1 Å². The predicted molar refractivity (Wildman–Crippen MR) is 307 cm³/mol. The van der Waals surface area contributed by atoms with E-state index in [2.05, 4.69) is 33.9 Å². The van der Waals surface area contributed by atoms with Gasteiger partial charge < -0.3 is 61.3 Å². The van der Waals surface area contributed by atoms with Crippen LogP contribution in [-0.4, -0.2) is 134 Å². The van der Waals surface area contributed by atoms with Crippen molar-refractivity contribution in [2.45, 2.75) is 224 Å². The van der Waals surface area contributed by atoms with Crippen LogP contribution in [0.15, 0.2) is 91.0 Å². The van der Waals surface area contributed by atoms with E-state index >= 15 is 0 Å². The van der Waals surface area contributed by atoms with Crippen molar-refractivity contribution in [3.05, 3.63) is 108 Å². The quantitative estimate of drug-likeness (QED) is 0.0229. The second kappa shape index (κ2) is 36.2. The number of esters is 4. The van der Waals surface area contributed by atoms with Gasteiger partial charge in [-0.05, 0) is 60.5 Å². The first-order valence-electron chi connectivity index (χ1n) is 29.2. The monoisotopic (exact) mass is 1150 g/mol. The summed E-state index contributed by atoms with van der Waals surface area (Å²) in [5.74, 6) is -1.50. The molecular formula is C63H94O17Si. The van der Waals surface area contributed by atoms with E-state index in [0.717, 1.165) is 80.9 Å². The lowest BCUT2D eigenvalue weighted by molar-refractivity contribution is -0.378. The van der Waals surface area contributed by atoms with Gasteiger partial charge in [0, 0.05) is 39.9 Å². The minimum Gasteiger partial charge on any atom is -0.469 e. The molecule has 18 heteroatoms. The van der Waals surface area contributed by atoms with Crippen LogP contribution in [-0.2, 0) is 100 Å². The third kappa shape index (κ3) is 23.9. The fourth-order valence-corrected chi connectivity index (χ4v) is 10.5. The first-order valence-corrected chi connectivity index (χ1v) is 32.1. The van der Waals surface area contributed by atoms with E-state index in [0.29, 0.717) is 32.3 Å². The Balaban J connectivity index is 1.55. The smallest absolute Gasteiger partial charge is 0.305 e. The zero-order valence-electron chi connectivity index (χ0n) is 49.7. The Labute approximate surface area is 483 Å². The second-order valence-corrected chi connectivity index (χ2v) is 27.3. The topological polar surface area (TPSA) is 188 Å². The van der Waals surface area contributed by atoms with Gasteiger partial charge in [0.05, 0.1) is 40.6 Å². The van der Waals surface area contributed by atoms with Crippen molar-refractivity contribution in [3.63, 3.8) is 0 Å². The standard InChI is InChI=1S/C63H94O17Si/c1-46(64)72-44-51-55(73-41-48-31-21-18-22-32-48)57(74-42-49-33-23-19-24-34-49)59(75-43-50-35-25-20-26-36-50)62(79-51)80-60-58(77-47(2)65)56(70-39-29-16-12-10-14-27-37-53(66)68-6)52(45-76-81(8,9)63(3,4)5)78-61(60)71-40-30-17-13-11-15-28-38-54(67)69-7/h18-26,31-36,51-52,55-62H,10-17,27-30,37-45H2,1-9H3/t51-,52-,55-,56-,57+,58+,59-,60-,61+,62+/m1/s1. The lowest BCUT2D eigenvalue weighted by atomic mass is 9.96. The lowest BCUT2D eigenvalue weighted by Gasteiger charge is -2.50. The fraction of sp³-hybridized carbons (Fsp3) is 0.651. The zero-order valence-corrected chi connectivity index (χ0v) is 50.7. The molecule has 2 fully saturated rings. The number of rotatable bonds is 37. The first-order chi connectivity index (χ1) is 39.0. The van der Waals surface area contributed by atoms with Crippen LogP contribution in [0.25, 0.3) is 0 Å². The van der Waals surface area contributed by atoms with E-state index in [9.17, 15) is 19.2 Å². The van der Waals surface area contributed by atoms with Crippen LogP contribution in [0.3, 0.4) is 0 Å². The molecule has 452 valence electrons. The average molecular weight is 1150 g/mol. The molecule has 0 aliphatic carbocycles. The Morgan fingerprint density at radius 2 is 0.889 bits per heavy atom. The number of hydrogen-bond acceptors (Lipinski definition) is 17. The Kier molecular flexibility index (Phi) is 30.0. The molecule has 17 nitrogen and oxygen atoms in total. The van der Waals surface area contributed by atoms with E-state index in [1.165, 1.54) is 28.1 Å².